The maximum Gasteiger partial charge on any atom is 0.316 e. The van der Waals surface area contributed by atoms with Gasteiger partial charge in [-0.15, -0.1) is 0 Å². The minimum Gasteiger partial charge on any atom is -0.481 e. The summed E-state index contributed by atoms with van der Waals surface area (Å²) in [4.78, 5) is 33.9. The Morgan fingerprint density at radius 1 is 1.24 bits per heavy atom. The van der Waals surface area contributed by atoms with Crippen molar-refractivity contribution in [1.82, 2.24) is 5.32 Å². The van der Waals surface area contributed by atoms with Gasteiger partial charge in [-0.2, -0.15) is 0 Å². The second-order valence-electron chi connectivity index (χ2n) is 3.95. The first-order valence-corrected chi connectivity index (χ1v) is 5.21. The number of aliphatic carboxylic acids is 1. The van der Waals surface area contributed by atoms with Gasteiger partial charge in [0.25, 0.3) is 0 Å². The Balaban J connectivity index is 2.37. The molecule has 2 amide bonds. The molecule has 1 aliphatic rings. The molecule has 2 rings (SSSR count). The highest BCUT2D eigenvalue weighted by Gasteiger charge is 2.41. The van der Waals surface area contributed by atoms with E-state index in [1.807, 2.05) is 0 Å². The van der Waals surface area contributed by atoms with Crippen molar-refractivity contribution in [2.75, 3.05) is 0 Å². The van der Waals surface area contributed by atoms with E-state index in [0.29, 0.717) is 5.56 Å². The first-order valence-electron chi connectivity index (χ1n) is 5.21. The van der Waals surface area contributed by atoms with Crippen LogP contribution in [0.4, 0.5) is 0 Å². The summed E-state index contributed by atoms with van der Waals surface area (Å²) in [6, 6.07) is 8.76. The van der Waals surface area contributed by atoms with Gasteiger partial charge in [0, 0.05) is 12.3 Å². The number of amides is 2. The first-order chi connectivity index (χ1) is 8.09. The Kier molecular flexibility index (Phi) is 2.91. The van der Waals surface area contributed by atoms with Crippen LogP contribution in [0.1, 0.15) is 17.9 Å². The molecule has 2 unspecified atom stereocenters. The lowest BCUT2D eigenvalue weighted by atomic mass is 9.80. The minimum atomic E-state index is -1.20. The topological polar surface area (TPSA) is 83.5 Å². The Morgan fingerprint density at radius 2 is 1.88 bits per heavy atom. The van der Waals surface area contributed by atoms with E-state index in [4.69, 9.17) is 5.11 Å². The molecule has 2 atom stereocenters. The predicted molar refractivity (Wildman–Crippen MR) is 58.1 cm³/mol. The molecule has 88 valence electrons. The SMILES string of the molecule is O=C1CC(c2ccccc2)C(C(=O)O)C(=O)N1. The van der Waals surface area contributed by atoms with Crippen LogP contribution in [-0.2, 0) is 14.4 Å². The normalized spacial score (nSPS) is 24.2. The molecule has 0 bridgehead atoms. The lowest BCUT2D eigenvalue weighted by Crippen LogP contribution is -2.47. The average Bonchev–Trinajstić information content (AvgIpc) is 2.28. The van der Waals surface area contributed by atoms with Gasteiger partial charge in [0.15, 0.2) is 0 Å². The van der Waals surface area contributed by atoms with Crippen molar-refractivity contribution in [3.63, 3.8) is 0 Å². The molecule has 5 nitrogen and oxygen atoms in total. The zero-order valence-corrected chi connectivity index (χ0v) is 8.92. The summed E-state index contributed by atoms with van der Waals surface area (Å²) >= 11 is 0. The van der Waals surface area contributed by atoms with Crippen molar-refractivity contribution in [2.24, 2.45) is 5.92 Å². The number of piperidine rings is 1. The quantitative estimate of drug-likeness (QED) is 0.576. The highest BCUT2D eigenvalue weighted by molar-refractivity contribution is 6.08. The summed E-state index contributed by atoms with van der Waals surface area (Å²) in [6.45, 7) is 0. The maximum absolute atomic E-state index is 11.5. The molecule has 0 radical (unpaired) electrons. The number of hydrogen-bond acceptors (Lipinski definition) is 3. The summed E-state index contributed by atoms with van der Waals surface area (Å²) in [5, 5.41) is 11.1. The zero-order chi connectivity index (χ0) is 12.4. The Bertz CT molecular complexity index is 469. The van der Waals surface area contributed by atoms with E-state index < -0.39 is 29.6 Å². The van der Waals surface area contributed by atoms with E-state index in [9.17, 15) is 14.4 Å². The van der Waals surface area contributed by atoms with Crippen LogP contribution >= 0.6 is 0 Å². The molecule has 0 aromatic heterocycles. The Hall–Kier alpha value is -2.17. The molecular formula is C12H11NO4. The zero-order valence-electron chi connectivity index (χ0n) is 8.92. The third-order valence-corrected chi connectivity index (χ3v) is 2.85. The third kappa shape index (κ3) is 2.18. The van der Waals surface area contributed by atoms with Crippen LogP contribution < -0.4 is 5.32 Å². The number of rotatable bonds is 2. The van der Waals surface area contributed by atoms with Crippen LogP contribution in [0.5, 0.6) is 0 Å². The van der Waals surface area contributed by atoms with Gasteiger partial charge in [0.05, 0.1) is 0 Å². The van der Waals surface area contributed by atoms with Crippen LogP contribution in [0.15, 0.2) is 30.3 Å². The molecule has 0 spiro atoms. The van der Waals surface area contributed by atoms with E-state index in [2.05, 4.69) is 5.32 Å². The first kappa shape index (κ1) is 11.3. The Labute approximate surface area is 97.4 Å². The second-order valence-corrected chi connectivity index (χ2v) is 3.95. The smallest absolute Gasteiger partial charge is 0.316 e. The highest BCUT2D eigenvalue weighted by atomic mass is 16.4. The summed E-state index contributed by atoms with van der Waals surface area (Å²) in [7, 11) is 0. The lowest BCUT2D eigenvalue weighted by Gasteiger charge is -2.27. The van der Waals surface area contributed by atoms with Gasteiger partial charge in [-0.25, -0.2) is 0 Å². The van der Waals surface area contributed by atoms with Gasteiger partial charge >= 0.3 is 5.97 Å². The minimum absolute atomic E-state index is 0.0206. The molecule has 1 fully saturated rings. The van der Waals surface area contributed by atoms with E-state index in [-0.39, 0.29) is 6.42 Å². The summed E-state index contributed by atoms with van der Waals surface area (Å²) in [5.41, 5.74) is 0.697. The number of carbonyl (C=O) groups is 3. The fourth-order valence-corrected chi connectivity index (χ4v) is 2.06. The van der Waals surface area contributed by atoms with Crippen molar-refractivity contribution in [1.29, 1.82) is 0 Å². The average molecular weight is 233 g/mol. The van der Waals surface area contributed by atoms with Gasteiger partial charge in [-0.05, 0) is 5.56 Å². The highest BCUT2D eigenvalue weighted by Crippen LogP contribution is 2.31. The molecule has 5 heteroatoms. The van der Waals surface area contributed by atoms with Gasteiger partial charge in [0.2, 0.25) is 11.8 Å². The van der Waals surface area contributed by atoms with Crippen LogP contribution in [0.3, 0.4) is 0 Å². The molecule has 0 saturated carbocycles. The van der Waals surface area contributed by atoms with Crippen LogP contribution in [-0.4, -0.2) is 22.9 Å². The van der Waals surface area contributed by atoms with Crippen molar-refractivity contribution < 1.29 is 19.5 Å². The molecule has 2 N–H and O–H groups in total. The molecule has 1 aliphatic heterocycles. The van der Waals surface area contributed by atoms with Gasteiger partial charge < -0.3 is 5.11 Å². The number of nitrogens with one attached hydrogen (secondary N) is 1. The van der Waals surface area contributed by atoms with Crippen molar-refractivity contribution >= 4 is 17.8 Å². The summed E-state index contributed by atoms with van der Waals surface area (Å²) in [6.07, 6.45) is 0.0206. The summed E-state index contributed by atoms with van der Waals surface area (Å²) < 4.78 is 0. The monoisotopic (exact) mass is 233 g/mol. The number of carboxylic acids is 1. The molecular weight excluding hydrogens is 222 g/mol. The van der Waals surface area contributed by atoms with E-state index >= 15 is 0 Å². The number of imide groups is 1. The molecule has 1 aromatic carbocycles. The van der Waals surface area contributed by atoms with Gasteiger partial charge in [-0.1, -0.05) is 30.3 Å². The van der Waals surface area contributed by atoms with E-state index in [1.165, 1.54) is 0 Å². The van der Waals surface area contributed by atoms with Gasteiger partial charge in [0.1, 0.15) is 5.92 Å². The van der Waals surface area contributed by atoms with E-state index in [0.717, 1.165) is 0 Å². The predicted octanol–water partition coefficient (Wildman–Crippen LogP) is 0.517. The van der Waals surface area contributed by atoms with Crippen LogP contribution in [0.2, 0.25) is 0 Å². The van der Waals surface area contributed by atoms with Crippen molar-refractivity contribution in [3.05, 3.63) is 35.9 Å². The molecule has 1 heterocycles. The van der Waals surface area contributed by atoms with E-state index in [1.54, 1.807) is 30.3 Å². The summed E-state index contributed by atoms with van der Waals surface area (Å²) in [5.74, 6) is -4.15. The Morgan fingerprint density at radius 3 is 2.47 bits per heavy atom. The largest absolute Gasteiger partial charge is 0.481 e. The number of benzene rings is 1. The maximum atomic E-state index is 11.5. The standard InChI is InChI=1S/C12H11NO4/c14-9-6-8(7-4-2-1-3-5-7)10(12(16)17)11(15)13-9/h1-5,8,10H,6H2,(H,16,17)(H,13,14,15). The molecule has 1 saturated heterocycles. The van der Waals surface area contributed by atoms with Gasteiger partial charge in [-0.3, -0.25) is 19.7 Å². The van der Waals surface area contributed by atoms with Crippen LogP contribution in [0, 0.1) is 5.92 Å². The lowest BCUT2D eigenvalue weighted by molar-refractivity contribution is -0.151. The fourth-order valence-electron chi connectivity index (χ4n) is 2.06. The van der Waals surface area contributed by atoms with Crippen molar-refractivity contribution in [2.45, 2.75) is 12.3 Å². The van der Waals surface area contributed by atoms with Crippen molar-refractivity contribution in [3.8, 4) is 0 Å². The number of carboxylic acid groups (broad SMARTS) is 1. The number of carbonyl (C=O) groups excluding carboxylic acids is 2. The second kappa shape index (κ2) is 4.37. The third-order valence-electron chi connectivity index (χ3n) is 2.85. The van der Waals surface area contributed by atoms with Crippen LogP contribution in [0.25, 0.3) is 0 Å². The molecule has 17 heavy (non-hydrogen) atoms. The molecule has 1 aromatic rings. The fraction of sp³-hybridized carbons (Fsp3) is 0.250. The number of hydrogen-bond donors (Lipinski definition) is 2. The molecule has 0 aliphatic carbocycles.